The first-order chi connectivity index (χ1) is 15.1. The average Bonchev–Trinajstić information content (AvgIpc) is 2.72. The third-order valence-electron chi connectivity index (χ3n) is 6.31. The van der Waals surface area contributed by atoms with E-state index in [0.717, 1.165) is 37.2 Å². The zero-order valence-electron chi connectivity index (χ0n) is 19.5. The number of morpholine rings is 1. The summed E-state index contributed by atoms with van der Waals surface area (Å²) in [6.45, 7) is 10.9. The second-order valence-electron chi connectivity index (χ2n) is 10.4. The van der Waals surface area contributed by atoms with Gasteiger partial charge in [0.05, 0.1) is 17.3 Å². The molecule has 2 N–H and O–H groups in total. The topological polar surface area (TPSA) is 53.6 Å². The van der Waals surface area contributed by atoms with Crippen LogP contribution >= 0.6 is 11.6 Å². The summed E-state index contributed by atoms with van der Waals surface area (Å²) in [5.74, 6) is -0.0684. The molecule has 172 valence electrons. The lowest BCUT2D eigenvalue weighted by Crippen LogP contribution is -2.62. The highest BCUT2D eigenvalue weighted by molar-refractivity contribution is 6.33. The highest BCUT2D eigenvalue weighted by atomic mass is 35.5. The number of piperidine rings is 1. The molecule has 2 heterocycles. The first-order valence-corrected chi connectivity index (χ1v) is 11.8. The van der Waals surface area contributed by atoms with Gasteiger partial charge in [-0.25, -0.2) is 0 Å². The Kier molecular flexibility index (Phi) is 6.53. The molecule has 32 heavy (non-hydrogen) atoms. The predicted molar refractivity (Wildman–Crippen MR) is 131 cm³/mol. The Morgan fingerprint density at radius 3 is 2.44 bits per heavy atom. The molecule has 0 radical (unpaired) electrons. The summed E-state index contributed by atoms with van der Waals surface area (Å²) in [6, 6.07) is 16.0. The number of benzene rings is 2. The maximum atomic E-state index is 13.0. The van der Waals surface area contributed by atoms with Gasteiger partial charge in [-0.3, -0.25) is 4.79 Å². The molecule has 0 bridgehead atoms. The van der Waals surface area contributed by atoms with Crippen LogP contribution in [0.15, 0.2) is 48.5 Å². The molecule has 2 aromatic rings. The molecule has 1 atom stereocenters. The number of nitrogens with one attached hydrogen (secondary N) is 2. The van der Waals surface area contributed by atoms with Crippen LogP contribution in [0.1, 0.15) is 62.6 Å². The van der Waals surface area contributed by atoms with E-state index in [9.17, 15) is 4.79 Å². The minimum Gasteiger partial charge on any atom is -0.370 e. The fraction of sp³-hybridized carbons (Fsp3) is 0.500. The van der Waals surface area contributed by atoms with Crippen LogP contribution < -0.4 is 15.5 Å². The second-order valence-corrected chi connectivity index (χ2v) is 10.8. The number of amides is 1. The highest BCUT2D eigenvalue weighted by Gasteiger charge is 2.38. The van der Waals surface area contributed by atoms with Crippen molar-refractivity contribution in [1.29, 1.82) is 0 Å². The number of hydrogen-bond donors (Lipinski definition) is 2. The van der Waals surface area contributed by atoms with E-state index in [1.807, 2.05) is 30.3 Å². The molecule has 2 saturated heterocycles. The molecular formula is C26H34ClN3O2. The molecule has 2 aliphatic heterocycles. The van der Waals surface area contributed by atoms with Gasteiger partial charge in [-0.05, 0) is 64.3 Å². The molecule has 5 nitrogen and oxygen atoms in total. The van der Waals surface area contributed by atoms with Gasteiger partial charge in [-0.1, -0.05) is 41.9 Å². The standard InChI is InChI=1S/C26H34ClN3O2/c1-25(2)15-20(16-26(3,4)29-25)28-24(31)19-10-11-22(21(27)14-19)30-12-13-32-23(17-30)18-8-6-5-7-9-18/h5-11,14,20,23,29H,12-13,15-17H2,1-4H3,(H,28,31). The van der Waals surface area contributed by atoms with Crippen LogP contribution in [0.25, 0.3) is 0 Å². The third kappa shape index (κ3) is 5.45. The maximum absolute atomic E-state index is 13.0. The Morgan fingerprint density at radius 1 is 1.09 bits per heavy atom. The molecule has 2 fully saturated rings. The van der Waals surface area contributed by atoms with Gasteiger partial charge in [0.2, 0.25) is 0 Å². The van der Waals surface area contributed by atoms with Crippen molar-refractivity contribution in [3.05, 3.63) is 64.7 Å². The van der Waals surface area contributed by atoms with Crippen LogP contribution in [0.3, 0.4) is 0 Å². The van der Waals surface area contributed by atoms with Crippen molar-refractivity contribution in [3.8, 4) is 0 Å². The fourth-order valence-corrected chi connectivity index (χ4v) is 5.64. The molecule has 1 unspecified atom stereocenters. The van der Waals surface area contributed by atoms with Crippen LogP contribution in [-0.4, -0.2) is 42.7 Å². The number of rotatable bonds is 4. The first-order valence-electron chi connectivity index (χ1n) is 11.4. The molecule has 1 amide bonds. The van der Waals surface area contributed by atoms with Crippen LogP contribution in [0, 0.1) is 0 Å². The third-order valence-corrected chi connectivity index (χ3v) is 6.62. The summed E-state index contributed by atoms with van der Waals surface area (Å²) >= 11 is 6.66. The molecule has 0 aliphatic carbocycles. The van der Waals surface area contributed by atoms with Crippen LogP contribution in [-0.2, 0) is 4.74 Å². The van der Waals surface area contributed by atoms with Crippen molar-refractivity contribution in [1.82, 2.24) is 10.6 Å². The largest absolute Gasteiger partial charge is 0.370 e. The van der Waals surface area contributed by atoms with Gasteiger partial charge in [0.15, 0.2) is 0 Å². The normalized spacial score (nSPS) is 23.0. The lowest BCUT2D eigenvalue weighted by molar-refractivity contribution is 0.0398. The second kappa shape index (κ2) is 9.05. The quantitative estimate of drug-likeness (QED) is 0.684. The Morgan fingerprint density at radius 2 is 1.78 bits per heavy atom. The van der Waals surface area contributed by atoms with E-state index in [4.69, 9.17) is 16.3 Å². The van der Waals surface area contributed by atoms with Crippen LogP contribution in [0.4, 0.5) is 5.69 Å². The number of carbonyl (C=O) groups excluding carboxylic acids is 1. The summed E-state index contributed by atoms with van der Waals surface area (Å²) in [5, 5.41) is 7.48. The SMILES string of the molecule is CC1(C)CC(NC(=O)c2ccc(N3CCOC(c4ccccc4)C3)c(Cl)c2)CC(C)(C)N1. The van der Waals surface area contributed by atoms with E-state index in [-0.39, 0.29) is 29.1 Å². The van der Waals surface area contributed by atoms with Crippen molar-refractivity contribution in [2.75, 3.05) is 24.6 Å². The summed E-state index contributed by atoms with van der Waals surface area (Å²) in [4.78, 5) is 15.2. The van der Waals surface area contributed by atoms with Crippen molar-refractivity contribution < 1.29 is 9.53 Å². The molecule has 0 saturated carbocycles. The van der Waals surface area contributed by atoms with E-state index in [1.54, 1.807) is 6.07 Å². The Hall–Kier alpha value is -2.08. The number of hydrogen-bond acceptors (Lipinski definition) is 4. The summed E-state index contributed by atoms with van der Waals surface area (Å²) in [6.07, 6.45) is 1.79. The van der Waals surface area contributed by atoms with Crippen molar-refractivity contribution in [3.63, 3.8) is 0 Å². The Labute approximate surface area is 196 Å². The van der Waals surface area contributed by atoms with Crippen molar-refractivity contribution in [2.45, 2.75) is 63.8 Å². The molecule has 0 spiro atoms. The number of carbonyl (C=O) groups is 1. The minimum atomic E-state index is -0.0684. The number of nitrogens with zero attached hydrogens (tertiary/aromatic N) is 1. The lowest BCUT2D eigenvalue weighted by atomic mass is 9.79. The zero-order chi connectivity index (χ0) is 22.9. The molecule has 6 heteroatoms. The summed E-state index contributed by atoms with van der Waals surface area (Å²) in [7, 11) is 0. The van der Waals surface area contributed by atoms with Crippen molar-refractivity contribution >= 4 is 23.2 Å². The van der Waals surface area contributed by atoms with E-state index < -0.39 is 0 Å². The highest BCUT2D eigenvalue weighted by Crippen LogP contribution is 2.32. The van der Waals surface area contributed by atoms with Gasteiger partial charge in [-0.15, -0.1) is 0 Å². The van der Waals surface area contributed by atoms with Gasteiger partial charge in [0.1, 0.15) is 6.10 Å². The zero-order valence-corrected chi connectivity index (χ0v) is 20.2. The Balaban J connectivity index is 1.44. The van der Waals surface area contributed by atoms with E-state index in [2.05, 4.69) is 55.4 Å². The van der Waals surface area contributed by atoms with Gasteiger partial charge >= 0.3 is 0 Å². The summed E-state index contributed by atoms with van der Waals surface area (Å²) < 4.78 is 5.98. The number of anilines is 1. The number of halogens is 1. The predicted octanol–water partition coefficient (Wildman–Crippen LogP) is 4.96. The molecule has 2 aliphatic rings. The molecule has 4 rings (SSSR count). The van der Waals surface area contributed by atoms with E-state index >= 15 is 0 Å². The van der Waals surface area contributed by atoms with Gasteiger partial charge in [-0.2, -0.15) is 0 Å². The van der Waals surface area contributed by atoms with Gasteiger partial charge in [0, 0.05) is 35.8 Å². The van der Waals surface area contributed by atoms with E-state index in [1.165, 1.54) is 0 Å². The average molecular weight is 456 g/mol. The minimum absolute atomic E-state index is 0.00983. The Bertz CT molecular complexity index is 945. The monoisotopic (exact) mass is 455 g/mol. The van der Waals surface area contributed by atoms with Gasteiger partial charge < -0.3 is 20.3 Å². The maximum Gasteiger partial charge on any atom is 0.251 e. The first kappa shape index (κ1) is 23.1. The molecular weight excluding hydrogens is 422 g/mol. The van der Waals surface area contributed by atoms with Crippen molar-refractivity contribution in [2.24, 2.45) is 0 Å². The fourth-order valence-electron chi connectivity index (χ4n) is 5.34. The summed E-state index contributed by atoms with van der Waals surface area (Å²) in [5.41, 5.74) is 2.66. The number of ether oxygens (including phenoxy) is 1. The van der Waals surface area contributed by atoms with E-state index in [0.29, 0.717) is 17.2 Å². The molecule has 2 aromatic carbocycles. The lowest BCUT2D eigenvalue weighted by Gasteiger charge is -2.46. The van der Waals surface area contributed by atoms with Crippen LogP contribution in [0.5, 0.6) is 0 Å². The smallest absolute Gasteiger partial charge is 0.251 e. The van der Waals surface area contributed by atoms with Crippen LogP contribution in [0.2, 0.25) is 5.02 Å². The van der Waals surface area contributed by atoms with Gasteiger partial charge in [0.25, 0.3) is 5.91 Å². The molecule has 0 aromatic heterocycles.